The maximum absolute atomic E-state index is 13.5. The molecule has 0 N–H and O–H groups in total. The van der Waals surface area contributed by atoms with Crippen molar-refractivity contribution in [3.63, 3.8) is 0 Å². The molecule has 0 amide bonds. The normalized spacial score (nSPS) is 9.53. The van der Waals surface area contributed by atoms with Gasteiger partial charge >= 0.3 is 0 Å². The zero-order valence-electron chi connectivity index (χ0n) is 8.30. The molecule has 0 heterocycles. The Labute approximate surface area is 95.5 Å². The number of rotatable bonds is 3. The predicted molar refractivity (Wildman–Crippen MR) is 56.5 cm³/mol. The van der Waals surface area contributed by atoms with Gasteiger partial charge in [0.05, 0.1) is 31.2 Å². The number of benzene rings is 1. The fourth-order valence-electron chi connectivity index (χ4n) is 1.26. The Bertz CT molecular complexity index is 415. The van der Waals surface area contributed by atoms with Gasteiger partial charge in [0.1, 0.15) is 0 Å². The van der Waals surface area contributed by atoms with Crippen LogP contribution in [0.2, 0.25) is 0 Å². The van der Waals surface area contributed by atoms with Crippen molar-refractivity contribution in [2.45, 2.75) is 6.42 Å². The Morgan fingerprint density at radius 1 is 1.40 bits per heavy atom. The van der Waals surface area contributed by atoms with Gasteiger partial charge in [-0.2, -0.15) is 5.26 Å². The largest absolute Gasteiger partial charge is 0.492 e. The Morgan fingerprint density at radius 3 is 2.47 bits per heavy atom. The van der Waals surface area contributed by atoms with Gasteiger partial charge in [-0.05, 0) is 22.0 Å². The highest BCUT2D eigenvalue weighted by molar-refractivity contribution is 9.10. The summed E-state index contributed by atoms with van der Waals surface area (Å²) >= 11 is 3.05. The van der Waals surface area contributed by atoms with Gasteiger partial charge in [-0.25, -0.2) is 4.39 Å². The van der Waals surface area contributed by atoms with Crippen molar-refractivity contribution in [3.05, 3.63) is 21.9 Å². The van der Waals surface area contributed by atoms with Crippen LogP contribution in [0, 0.1) is 17.1 Å². The summed E-state index contributed by atoms with van der Waals surface area (Å²) in [6.45, 7) is 0. The van der Waals surface area contributed by atoms with Crippen molar-refractivity contribution in [2.75, 3.05) is 14.2 Å². The lowest BCUT2D eigenvalue weighted by Crippen LogP contribution is -1.99. The third-order valence-electron chi connectivity index (χ3n) is 1.89. The van der Waals surface area contributed by atoms with E-state index in [4.69, 9.17) is 14.7 Å². The summed E-state index contributed by atoms with van der Waals surface area (Å²) < 4.78 is 23.7. The molecule has 0 aromatic heterocycles. The van der Waals surface area contributed by atoms with E-state index in [0.29, 0.717) is 5.56 Å². The average Bonchev–Trinajstić information content (AvgIpc) is 2.23. The molecule has 1 aromatic carbocycles. The van der Waals surface area contributed by atoms with Crippen molar-refractivity contribution in [1.29, 1.82) is 5.26 Å². The van der Waals surface area contributed by atoms with Crippen LogP contribution in [0.4, 0.5) is 4.39 Å². The van der Waals surface area contributed by atoms with Crippen molar-refractivity contribution in [1.82, 2.24) is 0 Å². The van der Waals surface area contributed by atoms with Crippen LogP contribution in [-0.2, 0) is 6.42 Å². The van der Waals surface area contributed by atoms with Gasteiger partial charge in [0, 0.05) is 5.56 Å². The predicted octanol–water partition coefficient (Wildman–Crippen LogP) is 2.67. The molecular weight excluding hydrogens is 265 g/mol. The fraction of sp³-hybridized carbons (Fsp3) is 0.300. The molecule has 0 saturated heterocycles. The second kappa shape index (κ2) is 4.99. The van der Waals surface area contributed by atoms with Crippen molar-refractivity contribution < 1.29 is 13.9 Å². The summed E-state index contributed by atoms with van der Waals surface area (Å²) in [6.07, 6.45) is 0.137. The molecule has 1 aromatic rings. The van der Waals surface area contributed by atoms with Gasteiger partial charge < -0.3 is 9.47 Å². The monoisotopic (exact) mass is 273 g/mol. The van der Waals surface area contributed by atoms with Crippen LogP contribution in [0.15, 0.2) is 10.5 Å². The molecule has 0 unspecified atom stereocenters. The molecule has 0 bridgehead atoms. The van der Waals surface area contributed by atoms with Gasteiger partial charge in [0.2, 0.25) is 0 Å². The third-order valence-corrected chi connectivity index (χ3v) is 2.46. The minimum Gasteiger partial charge on any atom is -0.492 e. The summed E-state index contributed by atoms with van der Waals surface area (Å²) in [7, 11) is 2.76. The van der Waals surface area contributed by atoms with E-state index in [1.54, 1.807) is 0 Å². The van der Waals surface area contributed by atoms with Crippen molar-refractivity contribution in [3.8, 4) is 17.6 Å². The Kier molecular flexibility index (Phi) is 3.92. The van der Waals surface area contributed by atoms with Crippen LogP contribution in [0.1, 0.15) is 5.56 Å². The molecule has 0 spiro atoms. The van der Waals surface area contributed by atoms with Gasteiger partial charge in [-0.3, -0.25) is 0 Å². The summed E-state index contributed by atoms with van der Waals surface area (Å²) in [6, 6.07) is 3.49. The Morgan fingerprint density at radius 2 is 2.00 bits per heavy atom. The molecule has 15 heavy (non-hydrogen) atoms. The van der Waals surface area contributed by atoms with Crippen LogP contribution in [-0.4, -0.2) is 14.2 Å². The first kappa shape index (κ1) is 11.8. The molecule has 0 radical (unpaired) electrons. The van der Waals surface area contributed by atoms with Gasteiger partial charge in [0.15, 0.2) is 17.3 Å². The van der Waals surface area contributed by atoms with Crippen molar-refractivity contribution >= 4 is 15.9 Å². The van der Waals surface area contributed by atoms with E-state index in [0.717, 1.165) is 0 Å². The standard InChI is InChI=1S/C10H9BrFNO2/c1-14-9-6(3-4-13)5-7(11)8(12)10(9)15-2/h5H,3H2,1-2H3. The average molecular weight is 274 g/mol. The Balaban J connectivity index is 3.41. The quantitative estimate of drug-likeness (QED) is 0.851. The first-order valence-corrected chi connectivity index (χ1v) is 4.90. The van der Waals surface area contributed by atoms with Gasteiger partial charge in [0.25, 0.3) is 0 Å². The third kappa shape index (κ3) is 2.21. The molecule has 0 aliphatic heterocycles. The van der Waals surface area contributed by atoms with E-state index in [1.807, 2.05) is 6.07 Å². The number of hydrogen-bond acceptors (Lipinski definition) is 3. The topological polar surface area (TPSA) is 42.2 Å². The van der Waals surface area contributed by atoms with E-state index in [-0.39, 0.29) is 22.4 Å². The van der Waals surface area contributed by atoms with Crippen molar-refractivity contribution in [2.24, 2.45) is 0 Å². The lowest BCUT2D eigenvalue weighted by atomic mass is 10.1. The van der Waals surface area contributed by atoms with Gasteiger partial charge in [-0.1, -0.05) is 0 Å². The smallest absolute Gasteiger partial charge is 0.198 e. The maximum Gasteiger partial charge on any atom is 0.198 e. The van der Waals surface area contributed by atoms with Crippen LogP contribution in [0.25, 0.3) is 0 Å². The molecule has 0 saturated carbocycles. The number of nitrogens with zero attached hydrogens (tertiary/aromatic N) is 1. The lowest BCUT2D eigenvalue weighted by molar-refractivity contribution is 0.334. The highest BCUT2D eigenvalue weighted by Crippen LogP contribution is 2.38. The molecule has 3 nitrogen and oxygen atoms in total. The summed E-state index contributed by atoms with van der Waals surface area (Å²) in [5, 5.41) is 8.61. The van der Waals surface area contributed by atoms with Gasteiger partial charge in [-0.15, -0.1) is 0 Å². The highest BCUT2D eigenvalue weighted by Gasteiger charge is 2.18. The molecule has 0 aliphatic rings. The molecule has 5 heteroatoms. The summed E-state index contributed by atoms with van der Waals surface area (Å²) in [4.78, 5) is 0. The first-order chi connectivity index (χ1) is 7.15. The van der Waals surface area contributed by atoms with Crippen LogP contribution in [0.3, 0.4) is 0 Å². The minimum absolute atomic E-state index is 0.0112. The van der Waals surface area contributed by atoms with E-state index < -0.39 is 5.82 Å². The molecule has 0 atom stereocenters. The van der Waals surface area contributed by atoms with Crippen LogP contribution < -0.4 is 9.47 Å². The second-order valence-electron chi connectivity index (χ2n) is 2.73. The molecule has 0 aliphatic carbocycles. The van der Waals surface area contributed by atoms with Crippen LogP contribution in [0.5, 0.6) is 11.5 Å². The zero-order valence-corrected chi connectivity index (χ0v) is 9.89. The van der Waals surface area contributed by atoms with E-state index in [1.165, 1.54) is 20.3 Å². The second-order valence-corrected chi connectivity index (χ2v) is 3.59. The number of halogens is 2. The van der Waals surface area contributed by atoms with E-state index in [9.17, 15) is 4.39 Å². The SMILES string of the molecule is COc1c(CC#N)cc(Br)c(F)c1OC. The summed E-state index contributed by atoms with van der Waals surface area (Å²) in [5.41, 5.74) is 0.588. The number of hydrogen-bond donors (Lipinski definition) is 0. The summed E-state index contributed by atoms with van der Waals surface area (Å²) in [5.74, 6) is -0.257. The fourth-order valence-corrected chi connectivity index (χ4v) is 1.71. The highest BCUT2D eigenvalue weighted by atomic mass is 79.9. The lowest BCUT2D eigenvalue weighted by Gasteiger charge is -2.12. The number of nitriles is 1. The molecular formula is C10H9BrFNO2. The maximum atomic E-state index is 13.5. The first-order valence-electron chi connectivity index (χ1n) is 4.11. The molecule has 0 fully saturated rings. The Hall–Kier alpha value is -1.28. The number of ether oxygens (including phenoxy) is 2. The number of methoxy groups -OCH3 is 2. The molecule has 1 rings (SSSR count). The van der Waals surface area contributed by atoms with E-state index >= 15 is 0 Å². The van der Waals surface area contributed by atoms with Crippen LogP contribution >= 0.6 is 15.9 Å². The molecule has 80 valence electrons. The zero-order chi connectivity index (χ0) is 11.4. The van der Waals surface area contributed by atoms with E-state index in [2.05, 4.69) is 15.9 Å². The minimum atomic E-state index is -0.531.